The van der Waals surface area contributed by atoms with Crippen LogP contribution in [0.1, 0.15) is 35.0 Å². The molecule has 0 radical (unpaired) electrons. The molecule has 1 unspecified atom stereocenters. The van der Waals surface area contributed by atoms with E-state index in [9.17, 15) is 0 Å². The summed E-state index contributed by atoms with van der Waals surface area (Å²) in [6.07, 6.45) is 3.99. The third-order valence-electron chi connectivity index (χ3n) is 5.47. The van der Waals surface area contributed by atoms with Gasteiger partial charge in [0, 0.05) is 49.5 Å². The van der Waals surface area contributed by atoms with Crippen LogP contribution in [0.25, 0.3) is 10.9 Å². The summed E-state index contributed by atoms with van der Waals surface area (Å²) in [6, 6.07) is 6.71. The lowest BCUT2D eigenvalue weighted by atomic mass is 10.1. The van der Waals surface area contributed by atoms with Gasteiger partial charge in [0.15, 0.2) is 5.96 Å². The maximum atomic E-state index is 4.51. The molecule has 3 aromatic rings. The lowest BCUT2D eigenvalue weighted by Crippen LogP contribution is -2.43. The molecule has 0 saturated carbocycles. The van der Waals surface area contributed by atoms with Crippen molar-refractivity contribution in [2.24, 2.45) is 12.0 Å². The Hall–Kier alpha value is -2.03. The van der Waals surface area contributed by atoms with Gasteiger partial charge in [-0.05, 0) is 57.2 Å². The third kappa shape index (κ3) is 5.32. The van der Waals surface area contributed by atoms with Gasteiger partial charge in [0.1, 0.15) is 0 Å². The number of guanidine groups is 1. The number of aromatic nitrogens is 3. The first-order valence-electron chi connectivity index (χ1n) is 9.92. The quantitative estimate of drug-likeness (QED) is 0.270. The van der Waals surface area contributed by atoms with Crippen molar-refractivity contribution in [3.8, 4) is 0 Å². The van der Waals surface area contributed by atoms with Gasteiger partial charge < -0.3 is 15.6 Å². The molecule has 3 N–H and O–H groups in total. The highest BCUT2D eigenvalue weighted by molar-refractivity contribution is 14.0. The average molecular weight is 508 g/mol. The Morgan fingerprint density at radius 3 is 2.69 bits per heavy atom. The molecular formula is C22H33IN6. The largest absolute Gasteiger partial charge is 0.361 e. The fourth-order valence-electron chi connectivity index (χ4n) is 3.78. The second-order valence-corrected chi connectivity index (χ2v) is 7.58. The van der Waals surface area contributed by atoms with Gasteiger partial charge in [0.05, 0.1) is 5.69 Å². The predicted molar refractivity (Wildman–Crippen MR) is 133 cm³/mol. The van der Waals surface area contributed by atoms with Gasteiger partial charge in [-0.25, -0.2) is 0 Å². The maximum absolute atomic E-state index is 4.51. The molecule has 0 saturated heterocycles. The van der Waals surface area contributed by atoms with Crippen LogP contribution in [0.3, 0.4) is 0 Å². The Morgan fingerprint density at radius 2 is 2.03 bits per heavy atom. The molecule has 0 aliphatic heterocycles. The first kappa shape index (κ1) is 23.3. The van der Waals surface area contributed by atoms with Crippen LogP contribution in [0.15, 0.2) is 29.4 Å². The number of aryl methyl sites for hydroxylation is 3. The minimum atomic E-state index is 0. The zero-order valence-corrected chi connectivity index (χ0v) is 20.6. The van der Waals surface area contributed by atoms with E-state index < -0.39 is 0 Å². The number of nitrogens with one attached hydrogen (secondary N) is 3. The molecule has 29 heavy (non-hydrogen) atoms. The number of fused-ring (bicyclic) bond motifs is 1. The lowest BCUT2D eigenvalue weighted by molar-refractivity contribution is 0.635. The standard InChI is InChI=1S/C22H32N6.HI/c1-14-8-7-9-19-18(13-25-21(14)19)10-11-24-22(23-5)26-15(2)12-20-16(3)27-28(6)17(20)4;/h7-9,13,15,25H,10-12H2,1-6H3,(H2,23,24,26);1H. The number of hydrogen-bond acceptors (Lipinski definition) is 2. The molecule has 3 rings (SSSR count). The molecule has 2 heterocycles. The molecule has 158 valence electrons. The summed E-state index contributed by atoms with van der Waals surface area (Å²) in [5.74, 6) is 0.836. The van der Waals surface area contributed by atoms with E-state index in [0.29, 0.717) is 0 Å². The molecule has 0 fully saturated rings. The third-order valence-corrected chi connectivity index (χ3v) is 5.47. The first-order chi connectivity index (χ1) is 13.4. The molecule has 0 bridgehead atoms. The molecular weight excluding hydrogens is 475 g/mol. The zero-order chi connectivity index (χ0) is 20.3. The average Bonchev–Trinajstić information content (AvgIpc) is 3.18. The van der Waals surface area contributed by atoms with Gasteiger partial charge in [-0.2, -0.15) is 5.10 Å². The van der Waals surface area contributed by atoms with Crippen LogP contribution >= 0.6 is 24.0 Å². The van der Waals surface area contributed by atoms with Crippen molar-refractivity contribution in [2.45, 2.75) is 46.6 Å². The molecule has 0 amide bonds. The summed E-state index contributed by atoms with van der Waals surface area (Å²) in [7, 11) is 3.81. The van der Waals surface area contributed by atoms with E-state index in [1.165, 1.54) is 33.3 Å². The van der Waals surface area contributed by atoms with Crippen molar-refractivity contribution < 1.29 is 0 Å². The Labute approximate surface area is 190 Å². The number of nitrogens with zero attached hydrogens (tertiary/aromatic N) is 3. The fraction of sp³-hybridized carbons (Fsp3) is 0.455. The number of rotatable bonds is 6. The van der Waals surface area contributed by atoms with Crippen LogP contribution in [-0.4, -0.2) is 40.4 Å². The van der Waals surface area contributed by atoms with Gasteiger partial charge in [0.25, 0.3) is 0 Å². The molecule has 1 atom stereocenters. The van der Waals surface area contributed by atoms with E-state index >= 15 is 0 Å². The predicted octanol–water partition coefficient (Wildman–Crippen LogP) is 3.78. The van der Waals surface area contributed by atoms with Gasteiger partial charge in [0.2, 0.25) is 0 Å². The highest BCUT2D eigenvalue weighted by Gasteiger charge is 2.14. The fourth-order valence-corrected chi connectivity index (χ4v) is 3.78. The van der Waals surface area contributed by atoms with Crippen LogP contribution in [-0.2, 0) is 19.9 Å². The second-order valence-electron chi connectivity index (χ2n) is 7.58. The number of halogens is 1. The molecule has 0 aliphatic carbocycles. The van der Waals surface area contributed by atoms with Crippen molar-refractivity contribution >= 4 is 40.8 Å². The van der Waals surface area contributed by atoms with Gasteiger partial charge in [-0.3, -0.25) is 9.67 Å². The van der Waals surface area contributed by atoms with Crippen LogP contribution in [0, 0.1) is 20.8 Å². The van der Waals surface area contributed by atoms with Crippen molar-refractivity contribution in [2.75, 3.05) is 13.6 Å². The van der Waals surface area contributed by atoms with Gasteiger partial charge in [-0.15, -0.1) is 24.0 Å². The summed E-state index contributed by atoms with van der Waals surface area (Å²) in [5, 5.41) is 12.8. The number of H-pyrrole nitrogens is 1. The number of para-hydroxylation sites is 1. The van der Waals surface area contributed by atoms with E-state index in [0.717, 1.165) is 31.0 Å². The summed E-state index contributed by atoms with van der Waals surface area (Å²) in [4.78, 5) is 7.78. The second kappa shape index (κ2) is 10.1. The number of aliphatic imine (C=N–C) groups is 1. The van der Waals surface area contributed by atoms with Crippen molar-refractivity contribution in [3.05, 3.63) is 52.5 Å². The van der Waals surface area contributed by atoms with E-state index in [1.807, 2.05) is 18.8 Å². The SMILES string of the molecule is CN=C(NCCc1c[nH]c2c(C)cccc12)NC(C)Cc1c(C)nn(C)c1C.I. The van der Waals surface area contributed by atoms with Gasteiger partial charge in [-0.1, -0.05) is 18.2 Å². The Kier molecular flexibility index (Phi) is 8.13. The summed E-state index contributed by atoms with van der Waals surface area (Å²) < 4.78 is 1.95. The molecule has 2 aromatic heterocycles. The smallest absolute Gasteiger partial charge is 0.191 e. The minimum absolute atomic E-state index is 0. The highest BCUT2D eigenvalue weighted by Crippen LogP contribution is 2.21. The van der Waals surface area contributed by atoms with Crippen LogP contribution in [0.2, 0.25) is 0 Å². The Balaban J connectivity index is 0.00000300. The van der Waals surface area contributed by atoms with Gasteiger partial charge >= 0.3 is 0 Å². The van der Waals surface area contributed by atoms with Crippen LogP contribution < -0.4 is 10.6 Å². The van der Waals surface area contributed by atoms with E-state index in [-0.39, 0.29) is 30.0 Å². The summed E-state index contributed by atoms with van der Waals surface area (Å²) >= 11 is 0. The molecule has 0 aliphatic rings. The van der Waals surface area contributed by atoms with Crippen molar-refractivity contribution in [3.63, 3.8) is 0 Å². The number of aromatic amines is 1. The maximum Gasteiger partial charge on any atom is 0.191 e. The van der Waals surface area contributed by atoms with Crippen molar-refractivity contribution in [1.82, 2.24) is 25.4 Å². The Morgan fingerprint density at radius 1 is 1.28 bits per heavy atom. The molecule has 1 aromatic carbocycles. The molecule has 6 nitrogen and oxygen atoms in total. The normalized spacial score (nSPS) is 12.7. The van der Waals surface area contributed by atoms with Crippen LogP contribution in [0.4, 0.5) is 0 Å². The van der Waals surface area contributed by atoms with E-state index in [1.54, 1.807) is 0 Å². The summed E-state index contributed by atoms with van der Waals surface area (Å²) in [5.41, 5.74) is 7.48. The minimum Gasteiger partial charge on any atom is -0.361 e. The van der Waals surface area contributed by atoms with E-state index in [2.05, 4.69) is 77.8 Å². The van der Waals surface area contributed by atoms with Crippen LogP contribution in [0.5, 0.6) is 0 Å². The number of hydrogen-bond donors (Lipinski definition) is 3. The monoisotopic (exact) mass is 508 g/mol. The first-order valence-corrected chi connectivity index (χ1v) is 9.92. The molecule has 7 heteroatoms. The van der Waals surface area contributed by atoms with E-state index in [4.69, 9.17) is 0 Å². The topological polar surface area (TPSA) is 70.0 Å². The molecule has 0 spiro atoms. The van der Waals surface area contributed by atoms with Crippen molar-refractivity contribution in [1.29, 1.82) is 0 Å². The summed E-state index contributed by atoms with van der Waals surface area (Å²) in [6.45, 7) is 9.35. The lowest BCUT2D eigenvalue weighted by Gasteiger charge is -2.18. The number of benzene rings is 1. The Bertz CT molecular complexity index is 985. The highest BCUT2D eigenvalue weighted by atomic mass is 127. The zero-order valence-electron chi connectivity index (χ0n) is 18.3.